The third kappa shape index (κ3) is 5.31. The zero-order valence-electron chi connectivity index (χ0n) is 14.3. The summed E-state index contributed by atoms with van der Waals surface area (Å²) in [5, 5.41) is 17.3. The van der Waals surface area contributed by atoms with E-state index >= 15 is 0 Å². The predicted octanol–water partition coefficient (Wildman–Crippen LogP) is 2.19. The summed E-state index contributed by atoms with van der Waals surface area (Å²) in [6, 6.07) is 6.98. The molecule has 3 aromatic rings. The Labute approximate surface area is 163 Å². The molecule has 0 bridgehead atoms. The largest absolute Gasteiger partial charge is 0.466 e. The van der Waals surface area contributed by atoms with E-state index in [0.29, 0.717) is 28.3 Å². The average molecular weight is 407 g/mol. The van der Waals surface area contributed by atoms with Gasteiger partial charge < -0.3 is 10.1 Å². The lowest BCUT2D eigenvalue weighted by atomic mass is 10.2. The van der Waals surface area contributed by atoms with E-state index < -0.39 is 0 Å². The number of ether oxygens (including phenoxy) is 1. The molecule has 2 aromatic heterocycles. The van der Waals surface area contributed by atoms with Gasteiger partial charge in [-0.1, -0.05) is 11.6 Å². The highest BCUT2D eigenvalue weighted by Crippen LogP contribution is 2.18. The van der Waals surface area contributed by atoms with Gasteiger partial charge in [-0.3, -0.25) is 9.59 Å². The molecule has 0 saturated carbocycles. The second kappa shape index (κ2) is 8.69. The van der Waals surface area contributed by atoms with Gasteiger partial charge in [0.1, 0.15) is 6.54 Å². The van der Waals surface area contributed by atoms with Gasteiger partial charge in [0, 0.05) is 16.0 Å². The van der Waals surface area contributed by atoms with Crippen LogP contribution >= 0.6 is 22.9 Å². The van der Waals surface area contributed by atoms with Crippen LogP contribution in [0.1, 0.15) is 12.6 Å². The van der Waals surface area contributed by atoms with Crippen LogP contribution in [0.15, 0.2) is 29.6 Å². The van der Waals surface area contributed by atoms with Crippen LogP contribution in [0.3, 0.4) is 0 Å². The summed E-state index contributed by atoms with van der Waals surface area (Å²) in [6.45, 7) is 1.93. The van der Waals surface area contributed by atoms with Gasteiger partial charge in [0.2, 0.25) is 11.7 Å². The number of carbonyl (C=O) groups excluding carboxylic acids is 2. The molecule has 0 radical (unpaired) electrons. The topological polar surface area (TPSA) is 112 Å². The Bertz CT molecular complexity index is 940. The summed E-state index contributed by atoms with van der Waals surface area (Å²) in [5.74, 6) is -0.320. The van der Waals surface area contributed by atoms with E-state index in [1.165, 1.54) is 16.1 Å². The first-order chi connectivity index (χ1) is 13.0. The molecule has 0 saturated heterocycles. The number of nitrogens with zero attached hydrogens (tertiary/aromatic N) is 5. The average Bonchev–Trinajstić information content (AvgIpc) is 3.25. The van der Waals surface area contributed by atoms with Crippen molar-refractivity contribution in [2.45, 2.75) is 19.9 Å². The SMILES string of the molecule is CCOC(=O)Cc1csc(NC(=O)Cn2nnc(-c3ccc(Cl)cc3)n2)n1. The molecule has 9 nitrogen and oxygen atoms in total. The monoisotopic (exact) mass is 406 g/mol. The van der Waals surface area contributed by atoms with Gasteiger partial charge in [-0.15, -0.1) is 21.5 Å². The molecule has 2 heterocycles. The minimum atomic E-state index is -0.359. The third-order valence-electron chi connectivity index (χ3n) is 3.27. The Morgan fingerprint density at radius 1 is 1.30 bits per heavy atom. The van der Waals surface area contributed by atoms with Gasteiger partial charge >= 0.3 is 5.97 Å². The summed E-state index contributed by atoms with van der Waals surface area (Å²) >= 11 is 7.07. The highest BCUT2D eigenvalue weighted by atomic mass is 35.5. The molecule has 0 aliphatic carbocycles. The number of hydrogen-bond acceptors (Lipinski definition) is 8. The summed E-state index contributed by atoms with van der Waals surface area (Å²) in [5.41, 5.74) is 1.28. The van der Waals surface area contributed by atoms with Crippen LogP contribution in [0, 0.1) is 0 Å². The number of benzene rings is 1. The number of thiazole rings is 1. The lowest BCUT2D eigenvalue weighted by Crippen LogP contribution is -2.20. The number of amides is 1. The Morgan fingerprint density at radius 3 is 2.81 bits per heavy atom. The summed E-state index contributed by atoms with van der Waals surface area (Å²) in [6.07, 6.45) is 0.0648. The molecule has 3 rings (SSSR count). The summed E-state index contributed by atoms with van der Waals surface area (Å²) < 4.78 is 4.86. The fourth-order valence-corrected chi connectivity index (χ4v) is 2.97. The molecular weight excluding hydrogens is 392 g/mol. The van der Waals surface area contributed by atoms with Gasteiger partial charge in [0.25, 0.3) is 0 Å². The molecule has 0 unspecified atom stereocenters. The van der Waals surface area contributed by atoms with Crippen LogP contribution < -0.4 is 5.32 Å². The minimum Gasteiger partial charge on any atom is -0.466 e. The smallest absolute Gasteiger partial charge is 0.311 e. The normalized spacial score (nSPS) is 10.6. The number of rotatable bonds is 7. The molecule has 1 N–H and O–H groups in total. The third-order valence-corrected chi connectivity index (χ3v) is 4.33. The highest BCUT2D eigenvalue weighted by Gasteiger charge is 2.13. The summed E-state index contributed by atoms with van der Waals surface area (Å²) in [7, 11) is 0. The first-order valence-corrected chi connectivity index (χ1v) is 9.23. The van der Waals surface area contributed by atoms with E-state index in [1.54, 1.807) is 36.6 Å². The molecule has 0 atom stereocenters. The van der Waals surface area contributed by atoms with Crippen LogP contribution in [0.5, 0.6) is 0 Å². The predicted molar refractivity (Wildman–Crippen MR) is 99.3 cm³/mol. The maximum absolute atomic E-state index is 12.1. The van der Waals surface area contributed by atoms with E-state index in [2.05, 4.69) is 25.7 Å². The summed E-state index contributed by atoms with van der Waals surface area (Å²) in [4.78, 5) is 28.9. The first-order valence-electron chi connectivity index (χ1n) is 7.97. The molecule has 1 aromatic carbocycles. The van der Waals surface area contributed by atoms with Gasteiger partial charge in [0.15, 0.2) is 5.13 Å². The maximum atomic E-state index is 12.1. The van der Waals surface area contributed by atoms with Crippen molar-refractivity contribution in [1.29, 1.82) is 0 Å². The zero-order chi connectivity index (χ0) is 19.2. The van der Waals surface area contributed by atoms with E-state index in [9.17, 15) is 9.59 Å². The molecule has 27 heavy (non-hydrogen) atoms. The van der Waals surface area contributed by atoms with Crippen molar-refractivity contribution in [2.75, 3.05) is 11.9 Å². The number of halogens is 1. The molecule has 140 valence electrons. The quantitative estimate of drug-likeness (QED) is 0.598. The second-order valence-corrected chi connectivity index (χ2v) is 6.62. The minimum absolute atomic E-state index is 0.0648. The molecule has 0 fully saturated rings. The highest BCUT2D eigenvalue weighted by molar-refractivity contribution is 7.13. The molecule has 0 aliphatic rings. The van der Waals surface area contributed by atoms with Crippen molar-refractivity contribution < 1.29 is 14.3 Å². The first kappa shape index (κ1) is 18.9. The van der Waals surface area contributed by atoms with Crippen LogP contribution in [0.2, 0.25) is 5.02 Å². The molecular formula is C16H15ClN6O3S. The number of carbonyl (C=O) groups is 2. The molecule has 11 heteroatoms. The van der Waals surface area contributed by atoms with E-state index in [1.807, 2.05) is 0 Å². The number of tetrazole rings is 1. The van der Waals surface area contributed by atoms with Crippen LogP contribution in [0.25, 0.3) is 11.4 Å². The Hall–Kier alpha value is -2.85. The van der Waals surface area contributed by atoms with Crippen molar-refractivity contribution >= 4 is 39.9 Å². The Kier molecular flexibility index (Phi) is 6.09. The molecule has 1 amide bonds. The number of aromatic nitrogens is 5. The zero-order valence-corrected chi connectivity index (χ0v) is 15.8. The van der Waals surface area contributed by atoms with E-state index in [-0.39, 0.29) is 24.8 Å². The van der Waals surface area contributed by atoms with Crippen molar-refractivity contribution in [1.82, 2.24) is 25.2 Å². The fourth-order valence-electron chi connectivity index (χ4n) is 2.12. The Balaban J connectivity index is 1.56. The van der Waals surface area contributed by atoms with E-state index in [4.69, 9.17) is 16.3 Å². The number of hydrogen-bond donors (Lipinski definition) is 1. The lowest BCUT2D eigenvalue weighted by Gasteiger charge is -2.00. The standard InChI is InChI=1S/C16H15ClN6O3S/c1-2-26-14(25)7-12-9-27-16(18-12)19-13(24)8-23-21-15(20-22-23)10-3-5-11(17)6-4-10/h3-6,9H,2,7-8H2,1H3,(H,18,19,24). The van der Waals surface area contributed by atoms with Gasteiger partial charge in [0.05, 0.1) is 18.7 Å². The molecule has 0 aliphatic heterocycles. The number of esters is 1. The van der Waals surface area contributed by atoms with Crippen molar-refractivity contribution in [3.05, 3.63) is 40.4 Å². The second-order valence-electron chi connectivity index (χ2n) is 5.32. The van der Waals surface area contributed by atoms with Gasteiger partial charge in [-0.2, -0.15) is 4.80 Å². The van der Waals surface area contributed by atoms with Crippen LogP contribution in [-0.2, 0) is 27.3 Å². The van der Waals surface area contributed by atoms with Gasteiger partial charge in [-0.25, -0.2) is 4.98 Å². The number of nitrogens with one attached hydrogen (secondary N) is 1. The van der Waals surface area contributed by atoms with Crippen molar-refractivity contribution in [3.63, 3.8) is 0 Å². The Morgan fingerprint density at radius 2 is 2.07 bits per heavy atom. The molecule has 0 spiro atoms. The maximum Gasteiger partial charge on any atom is 0.311 e. The number of anilines is 1. The van der Waals surface area contributed by atoms with Crippen molar-refractivity contribution in [3.8, 4) is 11.4 Å². The lowest BCUT2D eigenvalue weighted by molar-refractivity contribution is -0.142. The van der Waals surface area contributed by atoms with Crippen LogP contribution in [0.4, 0.5) is 5.13 Å². The van der Waals surface area contributed by atoms with Crippen LogP contribution in [-0.4, -0.2) is 43.7 Å². The van der Waals surface area contributed by atoms with Gasteiger partial charge in [-0.05, 0) is 36.4 Å². The van der Waals surface area contributed by atoms with E-state index in [0.717, 1.165) is 5.56 Å². The fraction of sp³-hybridized carbons (Fsp3) is 0.250. The van der Waals surface area contributed by atoms with Crippen molar-refractivity contribution in [2.24, 2.45) is 0 Å².